The first-order valence-electron chi connectivity index (χ1n) is 6.32. The van der Waals surface area contributed by atoms with E-state index in [1.54, 1.807) is 0 Å². The average Bonchev–Trinajstić information content (AvgIpc) is 2.30. The summed E-state index contributed by atoms with van der Waals surface area (Å²) in [5.74, 6) is 0. The largest absolute Gasteiger partial charge is 0.328 e. The van der Waals surface area contributed by atoms with E-state index in [0.29, 0.717) is 6.04 Å². The van der Waals surface area contributed by atoms with E-state index in [2.05, 4.69) is 22.9 Å². The summed E-state index contributed by atoms with van der Waals surface area (Å²) in [6.07, 6.45) is 10.4. The Hall–Kier alpha value is 0.270. The third-order valence-corrected chi connectivity index (χ3v) is 5.12. The van der Waals surface area contributed by atoms with E-state index in [1.807, 2.05) is 0 Å². The summed E-state index contributed by atoms with van der Waals surface area (Å²) < 4.78 is 0. The molecule has 2 atom stereocenters. The van der Waals surface area contributed by atoms with Gasteiger partial charge in [-0.3, -0.25) is 0 Å². The van der Waals surface area contributed by atoms with Crippen molar-refractivity contribution in [1.29, 1.82) is 0 Å². The normalized spacial score (nSPS) is 35.6. The van der Waals surface area contributed by atoms with Crippen LogP contribution in [0.15, 0.2) is 0 Å². The molecule has 2 fully saturated rings. The first kappa shape index (κ1) is 11.7. The zero-order valence-electron chi connectivity index (χ0n) is 9.82. The summed E-state index contributed by atoms with van der Waals surface area (Å²) in [5.41, 5.74) is 5.95. The van der Waals surface area contributed by atoms with E-state index in [9.17, 15) is 0 Å². The monoisotopic (exact) mass is 228 g/mol. The molecule has 0 aromatic carbocycles. The second-order valence-corrected chi connectivity index (χ2v) is 6.19. The number of rotatable bonds is 2. The molecule has 0 aromatic heterocycles. The van der Waals surface area contributed by atoms with E-state index in [0.717, 1.165) is 11.3 Å². The number of nitrogens with zero attached hydrogens (tertiary/aromatic N) is 1. The van der Waals surface area contributed by atoms with Crippen molar-refractivity contribution < 1.29 is 0 Å². The molecule has 0 aromatic rings. The molecule has 0 radical (unpaired) electrons. The molecule has 1 heterocycles. The van der Waals surface area contributed by atoms with Gasteiger partial charge in [0, 0.05) is 17.3 Å². The molecule has 2 nitrogen and oxygen atoms in total. The van der Waals surface area contributed by atoms with Gasteiger partial charge in [-0.25, -0.2) is 0 Å². The average molecular weight is 228 g/mol. The Morgan fingerprint density at radius 3 is 2.53 bits per heavy atom. The van der Waals surface area contributed by atoms with Gasteiger partial charge in [-0.15, -0.1) is 0 Å². The number of likely N-dealkylation sites (tertiary alicyclic amines) is 1. The highest BCUT2D eigenvalue weighted by Gasteiger charge is 2.28. The fourth-order valence-electron chi connectivity index (χ4n) is 2.95. The molecule has 1 saturated carbocycles. The summed E-state index contributed by atoms with van der Waals surface area (Å²) in [5, 5.41) is 0.916. The maximum absolute atomic E-state index is 5.95. The highest BCUT2D eigenvalue weighted by Crippen LogP contribution is 2.30. The lowest BCUT2D eigenvalue weighted by atomic mass is 9.92. The van der Waals surface area contributed by atoms with Crippen LogP contribution in [-0.4, -0.2) is 41.6 Å². The number of hydrogen-bond acceptors (Lipinski definition) is 3. The smallest absolute Gasteiger partial charge is 0.0106 e. The lowest BCUT2D eigenvalue weighted by Gasteiger charge is -2.40. The molecule has 3 heteroatoms. The summed E-state index contributed by atoms with van der Waals surface area (Å²) >= 11 is 2.06. The topological polar surface area (TPSA) is 29.3 Å². The Balaban J connectivity index is 1.82. The highest BCUT2D eigenvalue weighted by atomic mass is 32.2. The first-order valence-corrected chi connectivity index (χ1v) is 7.61. The molecule has 2 unspecified atom stereocenters. The maximum atomic E-state index is 5.95. The van der Waals surface area contributed by atoms with Crippen molar-refractivity contribution in [3.8, 4) is 0 Å². The van der Waals surface area contributed by atoms with Gasteiger partial charge in [0.1, 0.15) is 0 Å². The van der Waals surface area contributed by atoms with Gasteiger partial charge >= 0.3 is 0 Å². The van der Waals surface area contributed by atoms with Gasteiger partial charge in [0.25, 0.3) is 0 Å². The molecule has 15 heavy (non-hydrogen) atoms. The van der Waals surface area contributed by atoms with Crippen LogP contribution in [0, 0.1) is 0 Å². The second-order valence-electron chi connectivity index (χ2n) is 5.05. The van der Waals surface area contributed by atoms with Crippen molar-refractivity contribution in [1.82, 2.24) is 4.90 Å². The second kappa shape index (κ2) is 5.55. The summed E-state index contributed by atoms with van der Waals surface area (Å²) in [6.45, 7) is 2.49. The standard InChI is InChI=1S/C12H24N2S/c1-15-12-4-2-3-11(9-12)14-7-5-10(13)6-8-14/h10-12H,2-9,13H2,1H3. The van der Waals surface area contributed by atoms with Gasteiger partial charge in [-0.05, 0) is 51.4 Å². The molecule has 1 saturated heterocycles. The van der Waals surface area contributed by atoms with Crippen molar-refractivity contribution in [2.24, 2.45) is 5.73 Å². The number of hydrogen-bond donors (Lipinski definition) is 1. The Labute approximate surface area is 98.0 Å². The van der Waals surface area contributed by atoms with Gasteiger partial charge < -0.3 is 10.6 Å². The van der Waals surface area contributed by atoms with Crippen molar-refractivity contribution in [3.05, 3.63) is 0 Å². The molecule has 0 amide bonds. The SMILES string of the molecule is CSC1CCCC(N2CCC(N)CC2)C1. The van der Waals surface area contributed by atoms with Gasteiger partial charge in [-0.1, -0.05) is 6.42 Å². The summed E-state index contributed by atoms with van der Waals surface area (Å²) in [4.78, 5) is 2.70. The minimum Gasteiger partial charge on any atom is -0.328 e. The lowest BCUT2D eigenvalue weighted by molar-refractivity contribution is 0.125. The molecule has 0 spiro atoms. The van der Waals surface area contributed by atoms with Gasteiger partial charge in [0.15, 0.2) is 0 Å². The molecule has 2 N–H and O–H groups in total. The molecule has 1 aliphatic heterocycles. The minimum absolute atomic E-state index is 0.473. The number of piperidine rings is 1. The van der Waals surface area contributed by atoms with Gasteiger partial charge in [-0.2, -0.15) is 11.8 Å². The molecule has 0 bridgehead atoms. The van der Waals surface area contributed by atoms with Crippen LogP contribution in [0.1, 0.15) is 38.5 Å². The quantitative estimate of drug-likeness (QED) is 0.784. The predicted molar refractivity (Wildman–Crippen MR) is 68.3 cm³/mol. The molecular formula is C12H24N2S. The maximum Gasteiger partial charge on any atom is 0.0106 e. The predicted octanol–water partition coefficient (Wildman–Crippen LogP) is 2.08. The van der Waals surface area contributed by atoms with E-state index < -0.39 is 0 Å². The Morgan fingerprint density at radius 2 is 1.87 bits per heavy atom. The van der Waals surface area contributed by atoms with Crippen LogP contribution in [-0.2, 0) is 0 Å². The van der Waals surface area contributed by atoms with Gasteiger partial charge in [0.2, 0.25) is 0 Å². The third-order valence-electron chi connectivity index (χ3n) is 4.02. The number of nitrogens with two attached hydrogens (primary N) is 1. The molecule has 88 valence electrons. The Kier molecular flexibility index (Phi) is 4.35. The van der Waals surface area contributed by atoms with Gasteiger partial charge in [0.05, 0.1) is 0 Å². The highest BCUT2D eigenvalue weighted by molar-refractivity contribution is 7.99. The van der Waals surface area contributed by atoms with Crippen molar-refractivity contribution in [2.75, 3.05) is 19.3 Å². The molecular weight excluding hydrogens is 204 g/mol. The lowest BCUT2D eigenvalue weighted by Crippen LogP contribution is -2.46. The van der Waals surface area contributed by atoms with Crippen LogP contribution in [0.5, 0.6) is 0 Å². The van der Waals surface area contributed by atoms with Crippen LogP contribution in [0.3, 0.4) is 0 Å². The Bertz CT molecular complexity index is 190. The van der Waals surface area contributed by atoms with E-state index in [1.165, 1.54) is 51.6 Å². The Morgan fingerprint density at radius 1 is 1.13 bits per heavy atom. The van der Waals surface area contributed by atoms with Crippen LogP contribution in [0.25, 0.3) is 0 Å². The summed E-state index contributed by atoms with van der Waals surface area (Å²) in [6, 6.07) is 1.34. The zero-order valence-corrected chi connectivity index (χ0v) is 10.6. The third kappa shape index (κ3) is 3.11. The van der Waals surface area contributed by atoms with E-state index in [-0.39, 0.29) is 0 Å². The van der Waals surface area contributed by atoms with Crippen LogP contribution in [0.2, 0.25) is 0 Å². The van der Waals surface area contributed by atoms with Crippen molar-refractivity contribution in [2.45, 2.75) is 55.9 Å². The molecule has 2 aliphatic rings. The van der Waals surface area contributed by atoms with E-state index in [4.69, 9.17) is 5.73 Å². The zero-order chi connectivity index (χ0) is 10.7. The molecule has 1 aliphatic carbocycles. The fraction of sp³-hybridized carbons (Fsp3) is 1.00. The molecule has 2 rings (SSSR count). The number of thioether (sulfide) groups is 1. The van der Waals surface area contributed by atoms with Crippen LogP contribution >= 0.6 is 11.8 Å². The van der Waals surface area contributed by atoms with Crippen molar-refractivity contribution >= 4 is 11.8 Å². The van der Waals surface area contributed by atoms with Crippen molar-refractivity contribution in [3.63, 3.8) is 0 Å². The van der Waals surface area contributed by atoms with Crippen LogP contribution in [0.4, 0.5) is 0 Å². The fourth-order valence-corrected chi connectivity index (χ4v) is 3.77. The minimum atomic E-state index is 0.473. The summed E-state index contributed by atoms with van der Waals surface area (Å²) in [7, 11) is 0. The first-order chi connectivity index (χ1) is 7.29. The van der Waals surface area contributed by atoms with E-state index >= 15 is 0 Å². The van der Waals surface area contributed by atoms with Crippen LogP contribution < -0.4 is 5.73 Å².